The molecule has 1 unspecified atom stereocenters. The molecule has 0 radical (unpaired) electrons. The average Bonchev–Trinajstić information content (AvgIpc) is 3.39. The topological polar surface area (TPSA) is 37.3 Å². The molecule has 3 atom stereocenters. The first kappa shape index (κ1) is 20.3. The number of fused-ring (bicyclic) bond motifs is 1. The van der Waals surface area contributed by atoms with Crippen molar-refractivity contribution in [2.24, 2.45) is 5.92 Å². The molecule has 3 heteroatoms. The van der Waals surface area contributed by atoms with Crippen molar-refractivity contribution in [3.05, 3.63) is 70.6 Å². The zero-order valence-electron chi connectivity index (χ0n) is 17.1. The molecule has 1 aliphatic rings. The lowest BCUT2D eigenvalue weighted by molar-refractivity contribution is 0.0971. The second-order valence-electron chi connectivity index (χ2n) is 8.57. The Morgan fingerprint density at radius 2 is 1.93 bits per heavy atom. The first-order chi connectivity index (χ1) is 14.2. The van der Waals surface area contributed by atoms with Gasteiger partial charge in [0.05, 0.1) is 0 Å². The molecule has 2 aromatic carbocycles. The lowest BCUT2D eigenvalue weighted by atomic mass is 9.87. The monoisotopic (exact) mass is 406 g/mol. The number of rotatable bonds is 8. The van der Waals surface area contributed by atoms with E-state index in [4.69, 9.17) is 5.11 Å². The van der Waals surface area contributed by atoms with Gasteiger partial charge in [-0.25, -0.2) is 0 Å². The fourth-order valence-electron chi connectivity index (χ4n) is 4.92. The number of hydrogen-bond donors (Lipinski definition) is 1. The molecule has 1 aromatic heterocycles. The molecule has 1 saturated carbocycles. The highest BCUT2D eigenvalue weighted by Crippen LogP contribution is 2.43. The summed E-state index contributed by atoms with van der Waals surface area (Å²) in [7, 11) is 0. The second-order valence-corrected chi connectivity index (χ2v) is 9.48. The summed E-state index contributed by atoms with van der Waals surface area (Å²) < 4.78 is 1.40. The van der Waals surface area contributed by atoms with Gasteiger partial charge in [0.2, 0.25) is 0 Å². The van der Waals surface area contributed by atoms with Crippen LogP contribution in [-0.2, 0) is 0 Å². The first-order valence-corrected chi connectivity index (χ1v) is 11.7. The normalized spacial score (nSPS) is 20.2. The van der Waals surface area contributed by atoms with Crippen LogP contribution in [0.15, 0.2) is 53.9 Å². The van der Waals surface area contributed by atoms with Crippen LogP contribution in [0.3, 0.4) is 0 Å². The van der Waals surface area contributed by atoms with Gasteiger partial charge >= 0.3 is 0 Å². The second kappa shape index (κ2) is 9.23. The molecule has 4 rings (SSSR count). The van der Waals surface area contributed by atoms with Crippen LogP contribution in [0.1, 0.15) is 78.8 Å². The molecule has 1 fully saturated rings. The minimum absolute atomic E-state index is 0.0763. The van der Waals surface area contributed by atoms with Gasteiger partial charge in [0.1, 0.15) is 0 Å². The molecule has 2 nitrogen and oxygen atoms in total. The van der Waals surface area contributed by atoms with E-state index in [1.54, 1.807) is 0 Å². The standard InChI is InChI=1S/C26H30O2S/c1-18(24-17-29-26-7-3-2-5-23(24)26)15-19-8-9-22(16-19)20-10-12-21(13-11-20)25(28)6-4-14-27/h2-3,5,7,10-13,17-19,22,27H,4,6,8-9,14-16H2,1H3/t18-,19?,22-/m0/s1. The van der Waals surface area contributed by atoms with E-state index in [-0.39, 0.29) is 12.4 Å². The summed E-state index contributed by atoms with van der Waals surface area (Å²) >= 11 is 1.86. The average molecular weight is 407 g/mol. The van der Waals surface area contributed by atoms with Crippen molar-refractivity contribution in [3.8, 4) is 0 Å². The number of hydrogen-bond acceptors (Lipinski definition) is 3. The summed E-state index contributed by atoms with van der Waals surface area (Å²) in [6, 6.07) is 17.0. The number of aliphatic hydroxyl groups is 1. The maximum atomic E-state index is 12.1. The van der Waals surface area contributed by atoms with E-state index >= 15 is 0 Å². The highest BCUT2D eigenvalue weighted by molar-refractivity contribution is 7.17. The largest absolute Gasteiger partial charge is 0.396 e. The van der Waals surface area contributed by atoms with Crippen molar-refractivity contribution < 1.29 is 9.90 Å². The minimum Gasteiger partial charge on any atom is -0.396 e. The van der Waals surface area contributed by atoms with Crippen molar-refractivity contribution in [1.82, 2.24) is 0 Å². The number of benzene rings is 2. The smallest absolute Gasteiger partial charge is 0.162 e. The Hall–Kier alpha value is -1.97. The SMILES string of the molecule is C[C@@H](CC1CC[C@H](c2ccc(C(=O)CCCO)cc2)C1)c1csc2ccccc12. The van der Waals surface area contributed by atoms with Crippen molar-refractivity contribution in [3.63, 3.8) is 0 Å². The number of carbonyl (C=O) groups excluding carboxylic acids is 1. The molecular formula is C26H30O2S. The molecule has 29 heavy (non-hydrogen) atoms. The summed E-state index contributed by atoms with van der Waals surface area (Å²) in [4.78, 5) is 12.1. The van der Waals surface area contributed by atoms with Crippen LogP contribution in [0.25, 0.3) is 10.1 Å². The Morgan fingerprint density at radius 3 is 2.72 bits per heavy atom. The Labute approximate surface area is 177 Å². The van der Waals surface area contributed by atoms with Crippen LogP contribution < -0.4 is 0 Å². The van der Waals surface area contributed by atoms with Crippen LogP contribution in [0.2, 0.25) is 0 Å². The molecule has 1 aliphatic carbocycles. The maximum Gasteiger partial charge on any atom is 0.162 e. The molecule has 0 bridgehead atoms. The van der Waals surface area contributed by atoms with Gasteiger partial charge in [0.15, 0.2) is 5.78 Å². The van der Waals surface area contributed by atoms with Crippen LogP contribution in [0.5, 0.6) is 0 Å². The fourth-order valence-corrected chi connectivity index (χ4v) is 6.01. The zero-order valence-corrected chi connectivity index (χ0v) is 18.0. The fraction of sp³-hybridized carbons (Fsp3) is 0.423. The Balaban J connectivity index is 1.36. The van der Waals surface area contributed by atoms with Gasteiger partial charge in [0.25, 0.3) is 0 Å². The van der Waals surface area contributed by atoms with E-state index < -0.39 is 0 Å². The summed E-state index contributed by atoms with van der Waals surface area (Å²) in [6.45, 7) is 2.46. The Bertz CT molecular complexity index is 956. The van der Waals surface area contributed by atoms with Crippen LogP contribution in [0, 0.1) is 5.92 Å². The molecule has 0 spiro atoms. The van der Waals surface area contributed by atoms with E-state index in [1.165, 1.54) is 46.9 Å². The lowest BCUT2D eigenvalue weighted by Gasteiger charge is -2.17. The third-order valence-corrected chi connectivity index (χ3v) is 7.52. The van der Waals surface area contributed by atoms with E-state index in [0.29, 0.717) is 24.7 Å². The van der Waals surface area contributed by atoms with Gasteiger partial charge in [-0.1, -0.05) is 49.4 Å². The number of carbonyl (C=O) groups is 1. The van der Waals surface area contributed by atoms with Crippen LogP contribution >= 0.6 is 11.3 Å². The van der Waals surface area contributed by atoms with Crippen molar-refractivity contribution >= 4 is 27.2 Å². The molecule has 0 aliphatic heterocycles. The number of Topliss-reactive ketones (excluding diaryl/α,β-unsaturated/α-hetero) is 1. The zero-order chi connectivity index (χ0) is 20.2. The lowest BCUT2D eigenvalue weighted by Crippen LogP contribution is -2.03. The number of aliphatic hydroxyl groups excluding tert-OH is 1. The minimum atomic E-state index is 0.0763. The molecular weight excluding hydrogens is 376 g/mol. The van der Waals surface area contributed by atoms with E-state index in [1.807, 2.05) is 23.5 Å². The van der Waals surface area contributed by atoms with Crippen molar-refractivity contribution in [2.45, 2.75) is 57.3 Å². The summed E-state index contributed by atoms with van der Waals surface area (Å²) in [5.74, 6) is 2.13. The maximum absolute atomic E-state index is 12.1. The molecule has 1 N–H and O–H groups in total. The van der Waals surface area contributed by atoms with Crippen LogP contribution in [0.4, 0.5) is 0 Å². The van der Waals surface area contributed by atoms with Crippen LogP contribution in [-0.4, -0.2) is 17.5 Å². The highest BCUT2D eigenvalue weighted by Gasteiger charge is 2.28. The molecule has 152 valence electrons. The van der Waals surface area contributed by atoms with E-state index in [0.717, 1.165) is 11.5 Å². The Kier molecular flexibility index (Phi) is 6.46. The van der Waals surface area contributed by atoms with Gasteiger partial charge in [0, 0.05) is 23.3 Å². The molecule has 3 aromatic rings. The van der Waals surface area contributed by atoms with E-state index in [9.17, 15) is 4.79 Å². The van der Waals surface area contributed by atoms with E-state index in [2.05, 4.69) is 48.7 Å². The quantitative estimate of drug-likeness (QED) is 0.412. The van der Waals surface area contributed by atoms with Gasteiger partial charge in [-0.2, -0.15) is 0 Å². The molecule has 0 saturated heterocycles. The number of ketones is 1. The summed E-state index contributed by atoms with van der Waals surface area (Å²) in [6.07, 6.45) is 6.03. The van der Waals surface area contributed by atoms with Gasteiger partial charge < -0.3 is 5.11 Å². The summed E-state index contributed by atoms with van der Waals surface area (Å²) in [5, 5.41) is 12.7. The Morgan fingerprint density at radius 1 is 1.14 bits per heavy atom. The predicted molar refractivity (Wildman–Crippen MR) is 122 cm³/mol. The number of thiophene rings is 1. The van der Waals surface area contributed by atoms with Crippen molar-refractivity contribution in [2.75, 3.05) is 6.61 Å². The highest BCUT2D eigenvalue weighted by atomic mass is 32.1. The van der Waals surface area contributed by atoms with Gasteiger partial charge in [-0.15, -0.1) is 11.3 Å². The third kappa shape index (κ3) is 4.62. The van der Waals surface area contributed by atoms with Crippen molar-refractivity contribution in [1.29, 1.82) is 0 Å². The summed E-state index contributed by atoms with van der Waals surface area (Å²) in [5.41, 5.74) is 3.66. The molecule has 1 heterocycles. The van der Waals surface area contributed by atoms with Gasteiger partial charge in [-0.3, -0.25) is 4.79 Å². The molecule has 0 amide bonds. The van der Waals surface area contributed by atoms with Gasteiger partial charge in [-0.05, 0) is 77.8 Å². The predicted octanol–water partition coefficient (Wildman–Crippen LogP) is 6.93. The third-order valence-electron chi connectivity index (χ3n) is 6.54. The first-order valence-electron chi connectivity index (χ1n) is 10.9.